The highest BCUT2D eigenvalue weighted by molar-refractivity contribution is 8.01. The maximum atomic E-state index is 17.7. The van der Waals surface area contributed by atoms with Crippen molar-refractivity contribution in [2.24, 2.45) is 11.5 Å². The first kappa shape index (κ1) is 41.3. The number of aryl methyl sites for hydroxylation is 1. The fraction of sp³-hybridized carbons (Fsp3) is 0.441. The number of carboxylic acids is 4. The summed E-state index contributed by atoms with van der Waals surface area (Å²) in [6, 6.07) is 6.40. The van der Waals surface area contributed by atoms with Crippen molar-refractivity contribution in [1.82, 2.24) is 15.1 Å². The molecule has 0 bridgehead atoms. The molecule has 2 fully saturated rings. The number of allylic oxidation sites excluding steroid dienone is 2. The molecular weight excluding hydrogens is 797 g/mol. The van der Waals surface area contributed by atoms with Crippen molar-refractivity contribution < 1.29 is 52.7 Å². The van der Waals surface area contributed by atoms with E-state index in [2.05, 4.69) is 10.6 Å². The number of nitrogens with zero attached hydrogens (tertiary/aromatic N) is 2. The van der Waals surface area contributed by atoms with Gasteiger partial charge in [0.1, 0.15) is 29.9 Å². The second-order valence-corrected chi connectivity index (χ2v) is 18.6. The van der Waals surface area contributed by atoms with Gasteiger partial charge in [0.2, 0.25) is 0 Å². The molecule has 6 rings (SSSR count). The van der Waals surface area contributed by atoms with E-state index in [1.165, 1.54) is 23.5 Å². The van der Waals surface area contributed by atoms with Gasteiger partial charge in [-0.1, -0.05) is 29.8 Å². The van der Waals surface area contributed by atoms with Crippen LogP contribution in [0.25, 0.3) is 5.57 Å². The lowest BCUT2D eigenvalue weighted by molar-refractivity contribution is -0.362. The number of aliphatic carboxylic acids is 4. The molecule has 5 heterocycles. The van der Waals surface area contributed by atoms with E-state index in [9.17, 15) is 39.6 Å². The zero-order valence-electron chi connectivity index (χ0n) is 29.4. The highest BCUT2D eigenvalue weighted by Crippen LogP contribution is 2.47. The van der Waals surface area contributed by atoms with Gasteiger partial charge in [-0.15, -0.1) is 35.3 Å². The minimum Gasteiger partial charge on any atom is -0.480 e. The van der Waals surface area contributed by atoms with Crippen LogP contribution in [-0.4, -0.2) is 129 Å². The Labute approximate surface area is 332 Å². The Morgan fingerprint density at radius 3 is 1.91 bits per heavy atom. The predicted octanol–water partition coefficient (Wildman–Crippen LogP) is 2.53. The monoisotopic (exact) mass is 838 g/mol. The topological polar surface area (TPSA) is 233 Å². The zero-order chi connectivity index (χ0) is 39.8. The second kappa shape index (κ2) is 17.0. The first-order valence-corrected chi connectivity index (χ1v) is 21.6. The number of benzene rings is 1. The summed E-state index contributed by atoms with van der Waals surface area (Å²) in [6.07, 6.45) is 3.70. The Morgan fingerprint density at radius 2 is 1.38 bits per heavy atom. The van der Waals surface area contributed by atoms with Crippen LogP contribution in [0.1, 0.15) is 40.6 Å². The van der Waals surface area contributed by atoms with Crippen molar-refractivity contribution >= 4 is 89.2 Å². The van der Waals surface area contributed by atoms with E-state index >= 15 is 8.63 Å². The quantitative estimate of drug-likeness (QED) is 0.136. The van der Waals surface area contributed by atoms with Crippen LogP contribution in [0, 0.1) is 6.92 Å². The van der Waals surface area contributed by atoms with Crippen LogP contribution in [0.5, 0.6) is 0 Å². The van der Waals surface area contributed by atoms with Gasteiger partial charge in [0, 0.05) is 51.8 Å². The molecule has 10 N–H and O–H groups in total. The molecule has 55 heavy (non-hydrogen) atoms. The Bertz CT molecular complexity index is 1950. The highest BCUT2D eigenvalue weighted by atomic mass is 32.2. The molecular formula is C34H41BF2N6O8S4. The molecule has 0 spiro atoms. The Balaban J connectivity index is 1.44. The Morgan fingerprint density at radius 1 is 0.855 bits per heavy atom. The first-order chi connectivity index (χ1) is 26.1. The summed E-state index contributed by atoms with van der Waals surface area (Å²) in [5.74, 6) is -4.58. The van der Waals surface area contributed by atoms with E-state index in [0.717, 1.165) is 38.1 Å². The summed E-state index contributed by atoms with van der Waals surface area (Å²) in [6.45, 7) is -2.68. The molecule has 14 nitrogen and oxygen atoms in total. The van der Waals surface area contributed by atoms with E-state index in [1.807, 2.05) is 31.2 Å². The van der Waals surface area contributed by atoms with Crippen molar-refractivity contribution in [2.75, 3.05) is 23.0 Å². The number of fused-ring (bicyclic) bond motifs is 2. The van der Waals surface area contributed by atoms with E-state index in [0.29, 0.717) is 11.1 Å². The largest absolute Gasteiger partial charge is 0.737 e. The summed E-state index contributed by atoms with van der Waals surface area (Å²) in [5, 5.41) is 42.2. The molecule has 1 aromatic carbocycles. The molecule has 0 aliphatic carbocycles. The van der Waals surface area contributed by atoms with Crippen molar-refractivity contribution in [3.63, 3.8) is 0 Å². The molecule has 4 aliphatic rings. The van der Waals surface area contributed by atoms with Crippen LogP contribution < -0.4 is 22.1 Å². The van der Waals surface area contributed by atoms with Crippen LogP contribution in [0.2, 0.25) is 0 Å². The SMILES string of the molecule is Cc1ccc(C2=C3C=CC(C4CC(SC[C@H](N)C(=O)O)N[C@H](C(=O)O)CS4)=[N+]3[B-](F)(F)n3c2ccc3C2CC(SC[C@H](N)C(=O)O)N[C@H](C(=O)O)CS2)cc1. The molecule has 8 atom stereocenters. The maximum Gasteiger partial charge on any atom is 0.737 e. The van der Waals surface area contributed by atoms with Crippen molar-refractivity contribution in [2.45, 2.75) is 65.2 Å². The van der Waals surface area contributed by atoms with Crippen LogP contribution in [-0.2, 0) is 19.2 Å². The first-order valence-electron chi connectivity index (χ1n) is 17.4. The average Bonchev–Trinajstić information content (AvgIpc) is 3.64. The molecule has 0 radical (unpaired) electrons. The normalized spacial score (nSPS) is 27.4. The van der Waals surface area contributed by atoms with Gasteiger partial charge in [-0.2, -0.15) is 11.8 Å². The smallest absolute Gasteiger partial charge is 0.480 e. The minimum absolute atomic E-state index is 0.0251. The Hall–Kier alpha value is -3.31. The molecule has 21 heteroatoms. The van der Waals surface area contributed by atoms with Gasteiger partial charge in [-0.3, -0.25) is 29.8 Å². The maximum absolute atomic E-state index is 17.7. The van der Waals surface area contributed by atoms with Gasteiger partial charge >= 0.3 is 30.8 Å². The van der Waals surface area contributed by atoms with E-state index in [-0.39, 0.29) is 58.6 Å². The molecule has 4 unspecified atom stereocenters. The van der Waals surface area contributed by atoms with E-state index < -0.39 is 76.3 Å². The number of thioether (sulfide) groups is 4. The highest BCUT2D eigenvalue weighted by Gasteiger charge is 2.56. The van der Waals surface area contributed by atoms with E-state index in [4.69, 9.17) is 11.5 Å². The molecule has 2 saturated heterocycles. The number of hydrogen-bond acceptors (Lipinski definition) is 12. The lowest BCUT2D eigenvalue weighted by Gasteiger charge is -2.36. The van der Waals surface area contributed by atoms with Crippen molar-refractivity contribution in [3.05, 3.63) is 76.8 Å². The molecule has 4 aliphatic heterocycles. The molecule has 2 aromatic rings. The average molecular weight is 839 g/mol. The number of rotatable bonds is 13. The standard InChI is InChI=1S/C34H41BF2N6O8S4/c1-16-2-4-17(5-3-16)30-24-8-6-22(26-10-28(54-12-18(38)31(44)45)40-20(14-52-26)33(48)49)42(24)35(36,37)43-23(7-9-25(30)43)27-11-29(55-13-19(39)32(46)47)41-21(15-53-27)34(50)51/h2-9,18-21,26-29,40-41H,10-15,38-39H2,1H3,(H,44,45)(H,46,47)(H,48,49)(H,50,51)/t18-,19-,20-,21-,26?,27?,28?,29?/m0/s1. The Kier molecular flexibility index (Phi) is 12.8. The van der Waals surface area contributed by atoms with Crippen LogP contribution >= 0.6 is 47.0 Å². The van der Waals surface area contributed by atoms with Crippen molar-refractivity contribution in [3.8, 4) is 0 Å². The number of hydrogen-bond donors (Lipinski definition) is 8. The van der Waals surface area contributed by atoms with Crippen LogP contribution in [0.15, 0.2) is 54.2 Å². The van der Waals surface area contributed by atoms with Gasteiger partial charge in [0.15, 0.2) is 5.70 Å². The number of carboxylic acid groups (broad SMARTS) is 4. The number of nitrogens with two attached hydrogens (primary N) is 2. The van der Waals surface area contributed by atoms with E-state index in [1.54, 1.807) is 24.3 Å². The number of nitrogens with one attached hydrogen (secondary N) is 2. The zero-order valence-corrected chi connectivity index (χ0v) is 32.7. The summed E-state index contributed by atoms with van der Waals surface area (Å²) < 4.78 is 37.5. The summed E-state index contributed by atoms with van der Waals surface area (Å²) in [4.78, 5) is 47.2. The number of carbonyl (C=O) groups is 4. The van der Waals surface area contributed by atoms with Gasteiger partial charge in [0.25, 0.3) is 0 Å². The summed E-state index contributed by atoms with van der Waals surface area (Å²) in [5.41, 5.74) is 14.9. The summed E-state index contributed by atoms with van der Waals surface area (Å²) >= 11 is 4.75. The predicted molar refractivity (Wildman–Crippen MR) is 213 cm³/mol. The molecule has 0 amide bonds. The van der Waals surface area contributed by atoms with Gasteiger partial charge < -0.3 is 49.5 Å². The number of aromatic nitrogens is 1. The van der Waals surface area contributed by atoms with Gasteiger partial charge in [0.05, 0.1) is 21.6 Å². The van der Waals surface area contributed by atoms with Gasteiger partial charge in [-0.05, 0) is 37.5 Å². The van der Waals surface area contributed by atoms with Crippen molar-refractivity contribution in [1.29, 1.82) is 0 Å². The molecule has 1 aromatic heterocycles. The fourth-order valence-electron chi connectivity index (χ4n) is 6.96. The van der Waals surface area contributed by atoms with Crippen LogP contribution in [0.3, 0.4) is 0 Å². The third-order valence-corrected chi connectivity index (χ3v) is 15.1. The lowest BCUT2D eigenvalue weighted by Crippen LogP contribution is -2.53. The summed E-state index contributed by atoms with van der Waals surface area (Å²) in [7, 11) is 0. The molecule has 0 saturated carbocycles. The molecule has 296 valence electrons. The lowest BCUT2D eigenvalue weighted by atomic mass is 9.85. The van der Waals surface area contributed by atoms with Gasteiger partial charge in [-0.25, -0.2) is 0 Å². The third kappa shape index (κ3) is 8.83. The third-order valence-electron chi connectivity index (χ3n) is 9.78. The van der Waals surface area contributed by atoms with Crippen LogP contribution in [0.4, 0.5) is 8.63 Å². The minimum atomic E-state index is -4.61. The second-order valence-electron chi connectivity index (χ2n) is 13.6. The fourth-order valence-corrected chi connectivity index (χ4v) is 12.3. The number of halogens is 2.